The molecule has 5 heteroatoms. The molecule has 100 valence electrons. The van der Waals surface area contributed by atoms with Crippen molar-refractivity contribution in [3.63, 3.8) is 0 Å². The number of unbranched alkanes of at least 4 members (excludes halogenated alkanes) is 3. The van der Waals surface area contributed by atoms with E-state index in [0.29, 0.717) is 0 Å². The third-order valence-corrected chi connectivity index (χ3v) is 2.64. The van der Waals surface area contributed by atoms with E-state index in [-0.39, 0.29) is 17.7 Å². The predicted molar refractivity (Wildman–Crippen MR) is 67.8 cm³/mol. The number of carboxylic acid groups (broad SMARTS) is 1. The van der Waals surface area contributed by atoms with E-state index in [1.165, 1.54) is 31.7 Å². The van der Waals surface area contributed by atoms with Crippen LogP contribution in [0.5, 0.6) is 5.88 Å². The van der Waals surface area contributed by atoms with Crippen LogP contribution in [0.25, 0.3) is 0 Å². The molecule has 0 aliphatic carbocycles. The molecule has 0 fully saturated rings. The Kier molecular flexibility index (Phi) is 6.11. The standard InChI is InChI=1S/C13H20N2O3/c1-3-4-5-6-7-10(2)18-12-11(13(16)17)14-8-9-15-12/h8-10H,3-7H2,1-2H3,(H,16,17). The van der Waals surface area contributed by atoms with Gasteiger partial charge in [-0.25, -0.2) is 14.8 Å². The average Bonchev–Trinajstić information content (AvgIpc) is 2.35. The van der Waals surface area contributed by atoms with Crippen molar-refractivity contribution in [2.24, 2.45) is 0 Å². The van der Waals surface area contributed by atoms with Gasteiger partial charge in [-0.2, -0.15) is 0 Å². The van der Waals surface area contributed by atoms with Gasteiger partial charge in [-0.05, 0) is 19.8 Å². The van der Waals surface area contributed by atoms with Crippen LogP contribution in [0.3, 0.4) is 0 Å². The van der Waals surface area contributed by atoms with Crippen LogP contribution in [0.2, 0.25) is 0 Å². The van der Waals surface area contributed by atoms with Gasteiger partial charge in [-0.1, -0.05) is 26.2 Å². The highest BCUT2D eigenvalue weighted by atomic mass is 16.5. The van der Waals surface area contributed by atoms with Crippen LogP contribution >= 0.6 is 0 Å². The number of rotatable bonds is 8. The molecule has 18 heavy (non-hydrogen) atoms. The number of aromatic carboxylic acids is 1. The number of nitrogens with zero attached hydrogens (tertiary/aromatic N) is 2. The van der Waals surface area contributed by atoms with Crippen LogP contribution in [-0.4, -0.2) is 27.1 Å². The van der Waals surface area contributed by atoms with E-state index in [1.807, 2.05) is 6.92 Å². The zero-order valence-electron chi connectivity index (χ0n) is 10.9. The molecule has 1 atom stereocenters. The summed E-state index contributed by atoms with van der Waals surface area (Å²) in [5.41, 5.74) is -0.127. The van der Waals surface area contributed by atoms with E-state index < -0.39 is 5.97 Å². The lowest BCUT2D eigenvalue weighted by atomic mass is 10.1. The maximum atomic E-state index is 10.9. The third kappa shape index (κ3) is 4.69. The minimum atomic E-state index is -1.11. The lowest BCUT2D eigenvalue weighted by molar-refractivity contribution is 0.0680. The fourth-order valence-electron chi connectivity index (χ4n) is 1.67. The topological polar surface area (TPSA) is 72.3 Å². The SMILES string of the molecule is CCCCCCC(C)Oc1nccnc1C(=O)O. The van der Waals surface area contributed by atoms with Crippen molar-refractivity contribution in [3.8, 4) is 5.88 Å². The van der Waals surface area contributed by atoms with Crippen LogP contribution in [0.1, 0.15) is 56.4 Å². The van der Waals surface area contributed by atoms with Crippen LogP contribution in [-0.2, 0) is 0 Å². The van der Waals surface area contributed by atoms with Crippen LogP contribution in [0.15, 0.2) is 12.4 Å². The second kappa shape index (κ2) is 7.63. The number of carbonyl (C=O) groups is 1. The van der Waals surface area contributed by atoms with Crippen LogP contribution < -0.4 is 4.74 Å². The lowest BCUT2D eigenvalue weighted by Crippen LogP contribution is -2.16. The van der Waals surface area contributed by atoms with Gasteiger partial charge in [0.25, 0.3) is 0 Å². The summed E-state index contributed by atoms with van der Waals surface area (Å²) in [6, 6.07) is 0. The maximum Gasteiger partial charge on any atom is 0.360 e. The van der Waals surface area contributed by atoms with Crippen LogP contribution in [0, 0.1) is 0 Å². The first kappa shape index (κ1) is 14.4. The minimum absolute atomic E-state index is 0.0448. The molecule has 1 unspecified atom stereocenters. The molecular formula is C13H20N2O3. The largest absolute Gasteiger partial charge is 0.476 e. The van der Waals surface area contributed by atoms with E-state index in [1.54, 1.807) is 0 Å². The molecule has 1 N–H and O–H groups in total. The second-order valence-corrected chi connectivity index (χ2v) is 4.29. The molecule has 0 saturated carbocycles. The molecule has 1 heterocycles. The zero-order chi connectivity index (χ0) is 13.4. The highest BCUT2D eigenvalue weighted by Crippen LogP contribution is 2.16. The summed E-state index contributed by atoms with van der Waals surface area (Å²) in [7, 11) is 0. The van der Waals surface area contributed by atoms with Crippen molar-refractivity contribution < 1.29 is 14.6 Å². The fourth-order valence-corrected chi connectivity index (χ4v) is 1.67. The van der Waals surface area contributed by atoms with Gasteiger partial charge in [0.05, 0.1) is 6.10 Å². The van der Waals surface area contributed by atoms with Gasteiger partial charge >= 0.3 is 5.97 Å². The Bertz CT molecular complexity index is 382. The first-order valence-electron chi connectivity index (χ1n) is 6.36. The van der Waals surface area contributed by atoms with E-state index in [2.05, 4.69) is 16.9 Å². The smallest absolute Gasteiger partial charge is 0.360 e. The average molecular weight is 252 g/mol. The number of hydrogen-bond donors (Lipinski definition) is 1. The Morgan fingerprint density at radius 1 is 1.33 bits per heavy atom. The number of carboxylic acids is 1. The van der Waals surface area contributed by atoms with Gasteiger partial charge in [-0.15, -0.1) is 0 Å². The second-order valence-electron chi connectivity index (χ2n) is 4.29. The molecule has 0 bridgehead atoms. The highest BCUT2D eigenvalue weighted by molar-refractivity contribution is 5.87. The van der Waals surface area contributed by atoms with E-state index in [0.717, 1.165) is 12.8 Å². The summed E-state index contributed by atoms with van der Waals surface area (Å²) in [6.45, 7) is 4.09. The van der Waals surface area contributed by atoms with E-state index >= 15 is 0 Å². The predicted octanol–water partition coefficient (Wildman–Crippen LogP) is 2.91. The van der Waals surface area contributed by atoms with Crippen molar-refractivity contribution >= 4 is 5.97 Å². The molecule has 0 saturated heterocycles. The Balaban J connectivity index is 2.48. The van der Waals surface area contributed by atoms with E-state index in [4.69, 9.17) is 9.84 Å². The summed E-state index contributed by atoms with van der Waals surface area (Å²) >= 11 is 0. The molecule has 5 nitrogen and oxygen atoms in total. The molecule has 1 aromatic rings. The van der Waals surface area contributed by atoms with Gasteiger partial charge in [0.15, 0.2) is 0 Å². The number of aromatic nitrogens is 2. The van der Waals surface area contributed by atoms with Gasteiger partial charge in [-0.3, -0.25) is 0 Å². The summed E-state index contributed by atoms with van der Waals surface area (Å²) in [4.78, 5) is 18.6. The Morgan fingerprint density at radius 3 is 2.72 bits per heavy atom. The van der Waals surface area contributed by atoms with Crippen molar-refractivity contribution in [3.05, 3.63) is 18.1 Å². The van der Waals surface area contributed by atoms with Gasteiger partial charge in [0, 0.05) is 12.4 Å². The zero-order valence-corrected chi connectivity index (χ0v) is 10.9. The van der Waals surface area contributed by atoms with Crippen LogP contribution in [0.4, 0.5) is 0 Å². The van der Waals surface area contributed by atoms with E-state index in [9.17, 15) is 4.79 Å². The van der Waals surface area contributed by atoms with Crippen molar-refractivity contribution in [2.75, 3.05) is 0 Å². The molecule has 0 aliphatic rings. The first-order chi connectivity index (χ1) is 8.65. The van der Waals surface area contributed by atoms with Gasteiger partial charge in [0.2, 0.25) is 11.6 Å². The van der Waals surface area contributed by atoms with Crippen molar-refractivity contribution in [1.29, 1.82) is 0 Å². The molecule has 0 radical (unpaired) electrons. The molecular weight excluding hydrogens is 232 g/mol. The minimum Gasteiger partial charge on any atom is -0.476 e. The number of ether oxygens (including phenoxy) is 1. The molecule has 0 spiro atoms. The summed E-state index contributed by atoms with van der Waals surface area (Å²) in [5, 5.41) is 8.94. The molecule has 1 aromatic heterocycles. The quantitative estimate of drug-likeness (QED) is 0.720. The summed E-state index contributed by atoms with van der Waals surface area (Å²) < 4.78 is 5.53. The first-order valence-corrected chi connectivity index (χ1v) is 6.36. The molecule has 0 aromatic carbocycles. The lowest BCUT2D eigenvalue weighted by Gasteiger charge is -2.14. The van der Waals surface area contributed by atoms with Gasteiger partial charge in [0.1, 0.15) is 0 Å². The Labute approximate surface area is 107 Å². The maximum absolute atomic E-state index is 10.9. The Morgan fingerprint density at radius 2 is 2.06 bits per heavy atom. The molecule has 0 aliphatic heterocycles. The van der Waals surface area contributed by atoms with Crippen molar-refractivity contribution in [2.45, 2.75) is 52.1 Å². The Hall–Kier alpha value is -1.65. The molecule has 0 amide bonds. The van der Waals surface area contributed by atoms with Gasteiger partial charge < -0.3 is 9.84 Å². The number of hydrogen-bond acceptors (Lipinski definition) is 4. The monoisotopic (exact) mass is 252 g/mol. The summed E-state index contributed by atoms with van der Waals surface area (Å²) in [6.07, 6.45) is 8.31. The fraction of sp³-hybridized carbons (Fsp3) is 0.615. The highest BCUT2D eigenvalue weighted by Gasteiger charge is 2.16. The third-order valence-electron chi connectivity index (χ3n) is 2.64. The molecule has 1 rings (SSSR count). The normalized spacial score (nSPS) is 12.1. The van der Waals surface area contributed by atoms with Crippen molar-refractivity contribution in [1.82, 2.24) is 9.97 Å². The summed E-state index contributed by atoms with van der Waals surface area (Å²) in [5.74, 6) is -1.01.